The number of likely N-dealkylation sites (tertiary alicyclic amines) is 1. The van der Waals surface area contributed by atoms with Gasteiger partial charge in [0.25, 0.3) is 5.91 Å². The lowest BCUT2D eigenvalue weighted by Crippen LogP contribution is -2.53. The molecule has 7 nitrogen and oxygen atoms in total. The molecular formula is C20H26ClN5O2. The molecule has 1 aromatic carbocycles. The van der Waals surface area contributed by atoms with Gasteiger partial charge in [-0.1, -0.05) is 24.3 Å². The van der Waals surface area contributed by atoms with Crippen LogP contribution in [-0.4, -0.2) is 51.7 Å². The van der Waals surface area contributed by atoms with Crippen molar-refractivity contribution in [2.45, 2.75) is 37.9 Å². The predicted molar refractivity (Wildman–Crippen MR) is 108 cm³/mol. The Morgan fingerprint density at radius 2 is 1.89 bits per heavy atom. The Labute approximate surface area is 170 Å². The van der Waals surface area contributed by atoms with E-state index in [4.69, 9.17) is 0 Å². The van der Waals surface area contributed by atoms with Crippen LogP contribution in [-0.2, 0) is 24.8 Å². The predicted octanol–water partition coefficient (Wildman–Crippen LogP) is 1.28. The highest BCUT2D eigenvalue weighted by molar-refractivity contribution is 5.93. The van der Waals surface area contributed by atoms with Gasteiger partial charge >= 0.3 is 0 Å². The van der Waals surface area contributed by atoms with Gasteiger partial charge < -0.3 is 15.5 Å². The maximum absolute atomic E-state index is 12.9. The van der Waals surface area contributed by atoms with Crippen LogP contribution in [0.2, 0.25) is 0 Å². The van der Waals surface area contributed by atoms with Gasteiger partial charge in [0, 0.05) is 38.9 Å². The van der Waals surface area contributed by atoms with Crippen LogP contribution in [0.15, 0.2) is 36.7 Å². The summed E-state index contributed by atoms with van der Waals surface area (Å²) in [5.74, 6) is 0.0694. The molecule has 2 N–H and O–H groups in total. The second kappa shape index (κ2) is 8.75. The standard InChI is InChI=1S/C20H25N5O2.ClH/c1-24-13-16(12-22-24)19(26)23-17-6-8-25(9-7-17)20(27)18-10-14-4-2-3-5-15(14)11-21-18;/h2-5,12-13,17-18,21H,6-11H2,1H3,(H,23,26);1H. The molecule has 150 valence electrons. The second-order valence-electron chi connectivity index (χ2n) is 7.38. The van der Waals surface area contributed by atoms with Crippen molar-refractivity contribution in [3.05, 3.63) is 53.3 Å². The number of amides is 2. The fourth-order valence-electron chi connectivity index (χ4n) is 3.90. The fourth-order valence-corrected chi connectivity index (χ4v) is 3.90. The summed E-state index contributed by atoms with van der Waals surface area (Å²) < 4.78 is 1.62. The maximum Gasteiger partial charge on any atom is 0.254 e. The molecule has 8 heteroatoms. The molecule has 4 rings (SSSR count). The first kappa shape index (κ1) is 20.4. The summed E-state index contributed by atoms with van der Waals surface area (Å²) in [5, 5.41) is 10.5. The van der Waals surface area contributed by atoms with Gasteiger partial charge in [-0.05, 0) is 30.4 Å². The number of aryl methyl sites for hydroxylation is 1. The monoisotopic (exact) mass is 403 g/mol. The maximum atomic E-state index is 12.9. The van der Waals surface area contributed by atoms with E-state index in [2.05, 4.69) is 27.9 Å². The van der Waals surface area contributed by atoms with E-state index in [1.807, 2.05) is 17.0 Å². The van der Waals surface area contributed by atoms with E-state index in [0.29, 0.717) is 18.7 Å². The van der Waals surface area contributed by atoms with Gasteiger partial charge in [-0.25, -0.2) is 0 Å². The third-order valence-electron chi connectivity index (χ3n) is 5.49. The van der Waals surface area contributed by atoms with Crippen molar-refractivity contribution in [2.75, 3.05) is 13.1 Å². The van der Waals surface area contributed by atoms with Gasteiger partial charge in [-0.2, -0.15) is 5.10 Å². The average molecular weight is 404 g/mol. The van der Waals surface area contributed by atoms with E-state index in [0.717, 1.165) is 25.8 Å². The quantitative estimate of drug-likeness (QED) is 0.809. The third-order valence-corrected chi connectivity index (χ3v) is 5.49. The summed E-state index contributed by atoms with van der Waals surface area (Å²) in [4.78, 5) is 27.1. The van der Waals surface area contributed by atoms with Crippen molar-refractivity contribution in [1.29, 1.82) is 0 Å². The van der Waals surface area contributed by atoms with E-state index < -0.39 is 0 Å². The van der Waals surface area contributed by atoms with E-state index >= 15 is 0 Å². The summed E-state index contributed by atoms with van der Waals surface area (Å²) in [5.41, 5.74) is 3.10. The number of halogens is 1. The van der Waals surface area contributed by atoms with Crippen molar-refractivity contribution < 1.29 is 9.59 Å². The molecule has 1 atom stereocenters. The molecule has 0 aliphatic carbocycles. The smallest absolute Gasteiger partial charge is 0.254 e. The van der Waals surface area contributed by atoms with Crippen LogP contribution in [0.4, 0.5) is 0 Å². The van der Waals surface area contributed by atoms with E-state index in [9.17, 15) is 9.59 Å². The molecule has 28 heavy (non-hydrogen) atoms. The number of nitrogens with one attached hydrogen (secondary N) is 2. The lowest BCUT2D eigenvalue weighted by molar-refractivity contribution is -0.134. The topological polar surface area (TPSA) is 79.3 Å². The van der Waals surface area contributed by atoms with Crippen LogP contribution in [0.5, 0.6) is 0 Å². The van der Waals surface area contributed by atoms with Gasteiger partial charge in [0.1, 0.15) is 0 Å². The molecule has 0 saturated carbocycles. The average Bonchev–Trinajstić information content (AvgIpc) is 3.14. The first-order valence-corrected chi connectivity index (χ1v) is 9.48. The van der Waals surface area contributed by atoms with Crippen LogP contribution in [0.25, 0.3) is 0 Å². The molecular weight excluding hydrogens is 378 g/mol. The van der Waals surface area contributed by atoms with Crippen LogP contribution in [0, 0.1) is 0 Å². The zero-order valence-electron chi connectivity index (χ0n) is 15.9. The molecule has 1 fully saturated rings. The lowest BCUT2D eigenvalue weighted by Gasteiger charge is -2.36. The molecule has 2 aliphatic rings. The minimum Gasteiger partial charge on any atom is -0.349 e. The van der Waals surface area contributed by atoms with Crippen molar-refractivity contribution >= 4 is 24.2 Å². The fraction of sp³-hybridized carbons (Fsp3) is 0.450. The molecule has 1 unspecified atom stereocenters. The number of nitrogens with zero attached hydrogens (tertiary/aromatic N) is 3. The zero-order valence-corrected chi connectivity index (χ0v) is 16.7. The van der Waals surface area contributed by atoms with Crippen LogP contribution in [0.3, 0.4) is 0 Å². The van der Waals surface area contributed by atoms with Gasteiger partial charge in [-0.15, -0.1) is 12.4 Å². The van der Waals surface area contributed by atoms with Crippen LogP contribution in [0.1, 0.15) is 34.3 Å². The lowest BCUT2D eigenvalue weighted by atomic mass is 9.94. The Morgan fingerprint density at radius 1 is 1.18 bits per heavy atom. The Bertz CT molecular complexity index is 845. The largest absolute Gasteiger partial charge is 0.349 e. The van der Waals surface area contributed by atoms with E-state index in [1.54, 1.807) is 24.1 Å². The summed E-state index contributed by atoms with van der Waals surface area (Å²) in [6.45, 7) is 2.09. The summed E-state index contributed by atoms with van der Waals surface area (Å²) in [6, 6.07) is 8.23. The summed E-state index contributed by atoms with van der Waals surface area (Å²) in [7, 11) is 1.79. The van der Waals surface area contributed by atoms with Gasteiger partial charge in [0.15, 0.2) is 0 Å². The number of benzene rings is 1. The Morgan fingerprint density at radius 3 is 2.57 bits per heavy atom. The van der Waals surface area contributed by atoms with E-state index in [-0.39, 0.29) is 36.3 Å². The molecule has 1 aromatic heterocycles. The number of hydrogen-bond donors (Lipinski definition) is 2. The Kier molecular flexibility index (Phi) is 6.36. The van der Waals surface area contributed by atoms with E-state index in [1.165, 1.54) is 11.1 Å². The Hall–Kier alpha value is -2.38. The second-order valence-corrected chi connectivity index (χ2v) is 7.38. The van der Waals surface area contributed by atoms with Gasteiger partial charge in [0.05, 0.1) is 17.8 Å². The number of fused-ring (bicyclic) bond motifs is 1. The van der Waals surface area contributed by atoms with Crippen LogP contribution < -0.4 is 10.6 Å². The number of carbonyl (C=O) groups is 2. The minimum absolute atomic E-state index is 0. The first-order chi connectivity index (χ1) is 13.1. The number of hydrogen-bond acceptors (Lipinski definition) is 4. The summed E-state index contributed by atoms with van der Waals surface area (Å²) in [6.07, 6.45) is 5.58. The van der Waals surface area contributed by atoms with Crippen molar-refractivity contribution in [3.8, 4) is 0 Å². The molecule has 1 saturated heterocycles. The molecule has 0 spiro atoms. The number of carbonyl (C=O) groups excluding carboxylic acids is 2. The SMILES string of the molecule is Cl.Cn1cc(C(=O)NC2CCN(C(=O)C3Cc4ccccc4CN3)CC2)cn1. The van der Waals surface area contributed by atoms with Gasteiger partial charge in [0.2, 0.25) is 5.91 Å². The summed E-state index contributed by atoms with van der Waals surface area (Å²) >= 11 is 0. The van der Waals surface area contributed by atoms with Crippen molar-refractivity contribution in [1.82, 2.24) is 25.3 Å². The highest BCUT2D eigenvalue weighted by Crippen LogP contribution is 2.19. The highest BCUT2D eigenvalue weighted by atomic mass is 35.5. The highest BCUT2D eigenvalue weighted by Gasteiger charge is 2.31. The normalized spacial score (nSPS) is 19.5. The van der Waals surface area contributed by atoms with Gasteiger partial charge in [-0.3, -0.25) is 14.3 Å². The molecule has 2 amide bonds. The first-order valence-electron chi connectivity index (χ1n) is 9.48. The number of aromatic nitrogens is 2. The van der Waals surface area contributed by atoms with Crippen LogP contribution >= 0.6 is 12.4 Å². The zero-order chi connectivity index (χ0) is 18.8. The minimum atomic E-state index is -0.151. The van der Waals surface area contributed by atoms with Crippen molar-refractivity contribution in [2.24, 2.45) is 7.05 Å². The molecule has 3 heterocycles. The number of rotatable bonds is 3. The molecule has 2 aliphatic heterocycles. The Balaban J connectivity index is 0.00000225. The molecule has 2 aromatic rings. The molecule has 0 bridgehead atoms. The van der Waals surface area contributed by atoms with Crippen molar-refractivity contribution in [3.63, 3.8) is 0 Å². The third kappa shape index (κ3) is 4.36. The number of piperidine rings is 1. The molecule has 0 radical (unpaired) electrons.